The van der Waals surface area contributed by atoms with Crippen LogP contribution in [0.2, 0.25) is 0 Å². The summed E-state index contributed by atoms with van der Waals surface area (Å²) in [6.07, 6.45) is 1.99. The van der Waals surface area contributed by atoms with E-state index >= 15 is 0 Å². The Balaban J connectivity index is 2.15. The summed E-state index contributed by atoms with van der Waals surface area (Å²) in [5, 5.41) is 4.31. The van der Waals surface area contributed by atoms with Crippen molar-refractivity contribution in [3.05, 3.63) is 48.9 Å². The molecular weight excluding hydrogens is 362 g/mol. The molecule has 0 spiro atoms. The van der Waals surface area contributed by atoms with Gasteiger partial charge in [0.15, 0.2) is 11.1 Å². The lowest BCUT2D eigenvalue weighted by Gasteiger charge is -2.12. The van der Waals surface area contributed by atoms with E-state index in [1.165, 1.54) is 0 Å². The van der Waals surface area contributed by atoms with Gasteiger partial charge >= 0.3 is 0 Å². The van der Waals surface area contributed by atoms with Crippen LogP contribution in [0.3, 0.4) is 0 Å². The van der Waals surface area contributed by atoms with E-state index in [4.69, 9.17) is 9.95 Å². The van der Waals surface area contributed by atoms with Gasteiger partial charge in [-0.25, -0.2) is 4.98 Å². The highest BCUT2D eigenvalue weighted by Gasteiger charge is 2.29. The third-order valence-corrected chi connectivity index (χ3v) is 4.98. The second-order valence-electron chi connectivity index (χ2n) is 5.65. The zero-order chi connectivity index (χ0) is 16.1. The topological polar surface area (TPSA) is 96.8 Å². The molecule has 1 aliphatic rings. The molecule has 116 valence electrons. The molecule has 4 rings (SSSR count). The summed E-state index contributed by atoms with van der Waals surface area (Å²) in [5.74, 6) is 0.255. The Morgan fingerprint density at radius 3 is 3.00 bits per heavy atom. The maximum Gasteiger partial charge on any atom is 0.281 e. The Morgan fingerprint density at radius 1 is 1.52 bits per heavy atom. The number of pyridine rings is 1. The van der Waals surface area contributed by atoms with Crippen molar-refractivity contribution in [3.63, 3.8) is 0 Å². The third kappa shape index (κ3) is 2.14. The molecule has 0 bridgehead atoms. The summed E-state index contributed by atoms with van der Waals surface area (Å²) in [4.78, 5) is 19.8. The van der Waals surface area contributed by atoms with Crippen LogP contribution in [-0.2, 0) is 6.54 Å². The number of nitrogens with zero attached hydrogens (tertiary/aromatic N) is 5. The van der Waals surface area contributed by atoms with Gasteiger partial charge in [0.2, 0.25) is 5.89 Å². The van der Waals surface area contributed by atoms with E-state index < -0.39 is 0 Å². The van der Waals surface area contributed by atoms with Crippen molar-refractivity contribution in [1.82, 2.24) is 9.55 Å². The molecule has 0 N–H and O–H groups in total. The Bertz CT molecular complexity index is 1060. The minimum absolute atomic E-state index is 0.00888. The molecule has 1 aliphatic carbocycles. The van der Waals surface area contributed by atoms with E-state index in [9.17, 15) is 4.79 Å². The molecule has 2 aromatic heterocycles. The Kier molecular flexibility index (Phi) is 3.18. The smallest absolute Gasteiger partial charge is 0.281 e. The number of hydrogen-bond donors (Lipinski definition) is 0. The molecule has 23 heavy (non-hydrogen) atoms. The van der Waals surface area contributed by atoms with Gasteiger partial charge < -0.3 is 8.98 Å². The van der Waals surface area contributed by atoms with Crippen molar-refractivity contribution in [2.24, 2.45) is 5.11 Å². The Morgan fingerprint density at radius 2 is 2.30 bits per heavy atom. The van der Waals surface area contributed by atoms with Crippen molar-refractivity contribution < 1.29 is 4.42 Å². The standard InChI is InChI=1S/C15H12BrN5O2/c1-7-10(16)5-4-9-13(7)21(8-2-3-8)15(22)12-14(9)23-11(19-12)6-18-20-17/h4-5,8H,2-3,6H2,1H3. The molecule has 0 radical (unpaired) electrons. The van der Waals surface area contributed by atoms with Gasteiger partial charge in [-0.3, -0.25) is 4.79 Å². The minimum Gasteiger partial charge on any atom is -0.440 e. The number of oxazole rings is 1. The summed E-state index contributed by atoms with van der Waals surface area (Å²) < 4.78 is 8.49. The summed E-state index contributed by atoms with van der Waals surface area (Å²) in [6, 6.07) is 4.09. The first-order valence-electron chi connectivity index (χ1n) is 7.25. The molecule has 0 unspecified atom stereocenters. The molecule has 1 saturated carbocycles. The predicted molar refractivity (Wildman–Crippen MR) is 89.3 cm³/mol. The number of halogens is 1. The van der Waals surface area contributed by atoms with Gasteiger partial charge in [-0.05, 0) is 43.0 Å². The lowest BCUT2D eigenvalue weighted by molar-refractivity contribution is 0.535. The number of azide groups is 1. The van der Waals surface area contributed by atoms with E-state index in [1.807, 2.05) is 23.6 Å². The maximum atomic E-state index is 12.9. The molecule has 1 fully saturated rings. The zero-order valence-electron chi connectivity index (χ0n) is 12.3. The molecular formula is C15H12BrN5O2. The van der Waals surface area contributed by atoms with E-state index in [1.54, 1.807) is 0 Å². The normalized spacial score (nSPS) is 14.3. The number of aromatic nitrogens is 2. The van der Waals surface area contributed by atoms with Crippen LogP contribution in [0.4, 0.5) is 0 Å². The maximum absolute atomic E-state index is 12.9. The summed E-state index contributed by atoms with van der Waals surface area (Å²) >= 11 is 3.53. The first kappa shape index (κ1) is 14.3. The van der Waals surface area contributed by atoms with E-state index in [0.717, 1.165) is 33.8 Å². The lowest BCUT2D eigenvalue weighted by Crippen LogP contribution is -2.20. The summed E-state index contributed by atoms with van der Waals surface area (Å²) in [6.45, 7) is 1.97. The van der Waals surface area contributed by atoms with Crippen molar-refractivity contribution in [3.8, 4) is 0 Å². The molecule has 1 aromatic carbocycles. The largest absolute Gasteiger partial charge is 0.440 e. The molecule has 0 atom stereocenters. The van der Waals surface area contributed by atoms with Crippen molar-refractivity contribution in [2.75, 3.05) is 0 Å². The number of hydrogen-bond acceptors (Lipinski definition) is 4. The lowest BCUT2D eigenvalue weighted by atomic mass is 10.1. The van der Waals surface area contributed by atoms with Gasteiger partial charge in [0, 0.05) is 20.8 Å². The fraction of sp³-hybridized carbons (Fsp3) is 0.333. The first-order valence-corrected chi connectivity index (χ1v) is 8.04. The van der Waals surface area contributed by atoms with Crippen LogP contribution in [0.15, 0.2) is 30.9 Å². The third-order valence-electron chi connectivity index (χ3n) is 4.12. The molecule has 0 amide bonds. The Labute approximate surface area is 138 Å². The number of benzene rings is 1. The number of aryl methyl sites for hydroxylation is 1. The highest BCUT2D eigenvalue weighted by molar-refractivity contribution is 9.10. The molecule has 8 heteroatoms. The molecule has 0 aliphatic heterocycles. The van der Waals surface area contributed by atoms with Gasteiger partial charge in [0.1, 0.15) is 6.54 Å². The van der Waals surface area contributed by atoms with Gasteiger partial charge in [-0.15, -0.1) is 0 Å². The van der Waals surface area contributed by atoms with Crippen molar-refractivity contribution in [1.29, 1.82) is 0 Å². The van der Waals surface area contributed by atoms with Gasteiger partial charge in [-0.2, -0.15) is 0 Å². The van der Waals surface area contributed by atoms with Crippen LogP contribution >= 0.6 is 15.9 Å². The average Bonchev–Trinajstić information content (AvgIpc) is 3.28. The van der Waals surface area contributed by atoms with Crippen LogP contribution in [0.25, 0.3) is 32.4 Å². The van der Waals surface area contributed by atoms with E-state index in [0.29, 0.717) is 11.1 Å². The minimum atomic E-state index is -0.146. The Hall–Kier alpha value is -2.31. The fourth-order valence-corrected chi connectivity index (χ4v) is 3.24. The zero-order valence-corrected chi connectivity index (χ0v) is 13.9. The van der Waals surface area contributed by atoms with E-state index in [2.05, 4.69) is 30.9 Å². The summed E-state index contributed by atoms with van der Waals surface area (Å²) in [5.41, 5.74) is 10.9. The fourth-order valence-electron chi connectivity index (χ4n) is 2.92. The monoisotopic (exact) mass is 373 g/mol. The molecule has 0 saturated heterocycles. The van der Waals surface area contributed by atoms with Gasteiger partial charge in [-0.1, -0.05) is 21.0 Å². The summed E-state index contributed by atoms with van der Waals surface area (Å²) in [7, 11) is 0. The predicted octanol–water partition coefficient (Wildman–Crippen LogP) is 4.36. The number of rotatable bonds is 3. The molecule has 3 aromatic rings. The second-order valence-corrected chi connectivity index (χ2v) is 6.50. The average molecular weight is 374 g/mol. The first-order chi connectivity index (χ1) is 11.1. The van der Waals surface area contributed by atoms with E-state index in [-0.39, 0.29) is 24.0 Å². The SMILES string of the molecule is Cc1c(Br)ccc2c3oc(CN=[N+]=[N-])nc3c(=O)n(C3CC3)c12. The van der Waals surface area contributed by atoms with Crippen LogP contribution in [0.5, 0.6) is 0 Å². The van der Waals surface area contributed by atoms with Crippen molar-refractivity contribution in [2.45, 2.75) is 32.4 Å². The molecule has 7 nitrogen and oxygen atoms in total. The highest BCUT2D eigenvalue weighted by atomic mass is 79.9. The van der Waals surface area contributed by atoms with Crippen LogP contribution < -0.4 is 5.56 Å². The van der Waals surface area contributed by atoms with Gasteiger partial charge in [0.05, 0.1) is 5.52 Å². The van der Waals surface area contributed by atoms with Gasteiger partial charge in [0.25, 0.3) is 5.56 Å². The van der Waals surface area contributed by atoms with Crippen molar-refractivity contribution >= 4 is 37.9 Å². The highest BCUT2D eigenvalue weighted by Crippen LogP contribution is 2.39. The van der Waals surface area contributed by atoms with Crippen LogP contribution in [0.1, 0.15) is 30.3 Å². The van der Waals surface area contributed by atoms with Crippen LogP contribution in [-0.4, -0.2) is 9.55 Å². The molecule has 2 heterocycles. The number of fused-ring (bicyclic) bond motifs is 3. The quantitative estimate of drug-likeness (QED) is 0.387. The second kappa shape index (κ2) is 5.11. The van der Waals surface area contributed by atoms with Crippen LogP contribution in [0, 0.1) is 6.92 Å².